The van der Waals surface area contributed by atoms with Crippen molar-refractivity contribution in [2.75, 3.05) is 6.54 Å². The van der Waals surface area contributed by atoms with E-state index in [2.05, 4.69) is 10.6 Å². The lowest BCUT2D eigenvalue weighted by atomic mass is 10.2. The SMILES string of the molecule is O=C(CNCc1cccc(Cl)c1)NCc1ccccc1. The van der Waals surface area contributed by atoms with Crippen molar-refractivity contribution >= 4 is 17.5 Å². The Labute approximate surface area is 124 Å². The van der Waals surface area contributed by atoms with Crippen LogP contribution in [0.3, 0.4) is 0 Å². The number of rotatable bonds is 6. The van der Waals surface area contributed by atoms with Gasteiger partial charge in [-0.2, -0.15) is 0 Å². The van der Waals surface area contributed by atoms with Crippen molar-refractivity contribution in [1.82, 2.24) is 10.6 Å². The van der Waals surface area contributed by atoms with Crippen LogP contribution in [-0.4, -0.2) is 12.5 Å². The van der Waals surface area contributed by atoms with E-state index in [1.54, 1.807) is 0 Å². The Morgan fingerprint density at radius 2 is 1.70 bits per heavy atom. The molecule has 2 rings (SSSR count). The predicted molar refractivity (Wildman–Crippen MR) is 81.4 cm³/mol. The van der Waals surface area contributed by atoms with Crippen LogP contribution in [0.5, 0.6) is 0 Å². The average molecular weight is 289 g/mol. The summed E-state index contributed by atoms with van der Waals surface area (Å²) in [5, 5.41) is 6.67. The second-order valence-corrected chi connectivity index (χ2v) is 4.93. The normalized spacial score (nSPS) is 10.2. The number of carbonyl (C=O) groups excluding carboxylic acids is 1. The van der Waals surface area contributed by atoms with E-state index in [4.69, 9.17) is 11.6 Å². The quantitative estimate of drug-likeness (QED) is 0.858. The summed E-state index contributed by atoms with van der Waals surface area (Å²) < 4.78 is 0. The molecule has 3 nitrogen and oxygen atoms in total. The van der Waals surface area contributed by atoms with Crippen LogP contribution in [0.4, 0.5) is 0 Å². The smallest absolute Gasteiger partial charge is 0.234 e. The third-order valence-electron chi connectivity index (χ3n) is 2.84. The number of halogens is 1. The number of benzene rings is 2. The second-order valence-electron chi connectivity index (χ2n) is 4.50. The van der Waals surface area contributed by atoms with E-state index >= 15 is 0 Å². The highest BCUT2D eigenvalue weighted by atomic mass is 35.5. The first-order valence-corrected chi connectivity index (χ1v) is 6.87. The molecule has 2 aromatic rings. The van der Waals surface area contributed by atoms with Gasteiger partial charge < -0.3 is 10.6 Å². The molecule has 2 aromatic carbocycles. The van der Waals surface area contributed by atoms with Gasteiger partial charge in [0, 0.05) is 18.1 Å². The zero-order chi connectivity index (χ0) is 14.2. The summed E-state index contributed by atoms with van der Waals surface area (Å²) in [6.45, 7) is 1.47. The molecule has 0 radical (unpaired) electrons. The van der Waals surface area contributed by atoms with Crippen LogP contribution in [0.25, 0.3) is 0 Å². The molecule has 4 heteroatoms. The third kappa shape index (κ3) is 5.03. The van der Waals surface area contributed by atoms with Crippen LogP contribution >= 0.6 is 11.6 Å². The van der Waals surface area contributed by atoms with Gasteiger partial charge in [-0.1, -0.05) is 54.1 Å². The first-order chi connectivity index (χ1) is 9.74. The van der Waals surface area contributed by atoms with Gasteiger partial charge in [0.25, 0.3) is 0 Å². The first kappa shape index (κ1) is 14.6. The van der Waals surface area contributed by atoms with E-state index in [1.807, 2.05) is 54.6 Å². The molecule has 0 saturated carbocycles. The number of nitrogens with one attached hydrogen (secondary N) is 2. The van der Waals surface area contributed by atoms with Gasteiger partial charge in [-0.05, 0) is 23.3 Å². The maximum Gasteiger partial charge on any atom is 0.234 e. The zero-order valence-corrected chi connectivity index (χ0v) is 11.9. The highest BCUT2D eigenvalue weighted by Gasteiger charge is 2.01. The fourth-order valence-electron chi connectivity index (χ4n) is 1.83. The van der Waals surface area contributed by atoms with Gasteiger partial charge in [-0.3, -0.25) is 4.79 Å². The first-order valence-electron chi connectivity index (χ1n) is 6.50. The fourth-order valence-corrected chi connectivity index (χ4v) is 2.04. The minimum atomic E-state index is -0.0177. The van der Waals surface area contributed by atoms with Crippen LogP contribution < -0.4 is 10.6 Å². The standard InChI is InChI=1S/C16H17ClN2O/c17-15-8-4-7-14(9-15)10-18-12-16(20)19-11-13-5-2-1-3-6-13/h1-9,18H,10-12H2,(H,19,20). The van der Waals surface area contributed by atoms with Crippen molar-refractivity contribution in [3.05, 3.63) is 70.7 Å². The molecule has 0 fully saturated rings. The highest BCUT2D eigenvalue weighted by molar-refractivity contribution is 6.30. The molecule has 0 atom stereocenters. The largest absolute Gasteiger partial charge is 0.351 e. The number of hydrogen-bond acceptors (Lipinski definition) is 2. The van der Waals surface area contributed by atoms with Crippen molar-refractivity contribution in [1.29, 1.82) is 0 Å². The monoisotopic (exact) mass is 288 g/mol. The van der Waals surface area contributed by atoms with Crippen LogP contribution in [0, 0.1) is 0 Å². The molecular weight excluding hydrogens is 272 g/mol. The third-order valence-corrected chi connectivity index (χ3v) is 3.07. The fraction of sp³-hybridized carbons (Fsp3) is 0.188. The van der Waals surface area contributed by atoms with Gasteiger partial charge in [0.1, 0.15) is 0 Å². The Balaban J connectivity index is 1.68. The van der Waals surface area contributed by atoms with E-state index in [1.165, 1.54) is 0 Å². The molecule has 0 spiro atoms. The summed E-state index contributed by atoms with van der Waals surface area (Å²) in [6.07, 6.45) is 0. The molecule has 0 aliphatic heterocycles. The van der Waals surface area contributed by atoms with Crippen LogP contribution in [0.2, 0.25) is 5.02 Å². The summed E-state index contributed by atoms with van der Waals surface area (Å²) in [7, 11) is 0. The topological polar surface area (TPSA) is 41.1 Å². The van der Waals surface area contributed by atoms with Gasteiger partial charge in [-0.15, -0.1) is 0 Å². The minimum absolute atomic E-state index is 0.0177. The van der Waals surface area contributed by atoms with Crippen molar-refractivity contribution < 1.29 is 4.79 Å². The van der Waals surface area contributed by atoms with E-state index < -0.39 is 0 Å². The number of hydrogen-bond donors (Lipinski definition) is 2. The van der Waals surface area contributed by atoms with Crippen LogP contribution in [0.1, 0.15) is 11.1 Å². The van der Waals surface area contributed by atoms with Crippen LogP contribution in [0.15, 0.2) is 54.6 Å². The molecule has 0 aromatic heterocycles. The summed E-state index contributed by atoms with van der Waals surface area (Å²) in [5.74, 6) is -0.0177. The molecule has 0 aliphatic rings. The zero-order valence-electron chi connectivity index (χ0n) is 11.1. The molecule has 0 bridgehead atoms. The molecule has 0 unspecified atom stereocenters. The molecular formula is C16H17ClN2O. The summed E-state index contributed by atoms with van der Waals surface area (Å²) in [6, 6.07) is 17.4. The lowest BCUT2D eigenvalue weighted by Gasteiger charge is -2.07. The van der Waals surface area contributed by atoms with Crippen molar-refractivity contribution in [2.45, 2.75) is 13.1 Å². The molecule has 0 saturated heterocycles. The van der Waals surface area contributed by atoms with E-state index in [0.29, 0.717) is 24.7 Å². The summed E-state index contributed by atoms with van der Waals surface area (Å²) >= 11 is 5.90. The van der Waals surface area contributed by atoms with E-state index in [0.717, 1.165) is 11.1 Å². The molecule has 2 N–H and O–H groups in total. The van der Waals surface area contributed by atoms with Crippen molar-refractivity contribution in [3.63, 3.8) is 0 Å². The Bertz CT molecular complexity index is 557. The van der Waals surface area contributed by atoms with E-state index in [9.17, 15) is 4.79 Å². The Hall–Kier alpha value is -1.84. The molecule has 1 amide bonds. The Morgan fingerprint density at radius 3 is 2.45 bits per heavy atom. The van der Waals surface area contributed by atoms with Gasteiger partial charge >= 0.3 is 0 Å². The lowest BCUT2D eigenvalue weighted by molar-refractivity contribution is -0.120. The Morgan fingerprint density at radius 1 is 0.950 bits per heavy atom. The molecule has 0 heterocycles. The maximum absolute atomic E-state index is 11.7. The predicted octanol–water partition coefficient (Wildman–Crippen LogP) is 2.75. The maximum atomic E-state index is 11.7. The summed E-state index contributed by atoms with van der Waals surface area (Å²) in [5.41, 5.74) is 2.16. The van der Waals surface area contributed by atoms with Gasteiger partial charge in [0.05, 0.1) is 6.54 Å². The van der Waals surface area contributed by atoms with Gasteiger partial charge in [0.2, 0.25) is 5.91 Å². The van der Waals surface area contributed by atoms with Crippen LogP contribution in [-0.2, 0) is 17.9 Å². The molecule has 104 valence electrons. The van der Waals surface area contributed by atoms with Crippen molar-refractivity contribution in [3.8, 4) is 0 Å². The highest BCUT2D eigenvalue weighted by Crippen LogP contribution is 2.09. The summed E-state index contributed by atoms with van der Waals surface area (Å²) in [4.78, 5) is 11.7. The average Bonchev–Trinajstić information content (AvgIpc) is 2.46. The van der Waals surface area contributed by atoms with Crippen molar-refractivity contribution in [2.24, 2.45) is 0 Å². The van der Waals surface area contributed by atoms with Gasteiger partial charge in [0.15, 0.2) is 0 Å². The number of amides is 1. The number of carbonyl (C=O) groups is 1. The van der Waals surface area contributed by atoms with Gasteiger partial charge in [-0.25, -0.2) is 0 Å². The molecule has 20 heavy (non-hydrogen) atoms. The second kappa shape index (κ2) is 7.68. The lowest BCUT2D eigenvalue weighted by Crippen LogP contribution is -2.33. The van der Waals surface area contributed by atoms with E-state index in [-0.39, 0.29) is 5.91 Å². The molecule has 0 aliphatic carbocycles. The Kier molecular flexibility index (Phi) is 5.59. The minimum Gasteiger partial charge on any atom is -0.351 e.